The van der Waals surface area contributed by atoms with Gasteiger partial charge in [-0.1, -0.05) is 17.4 Å². The van der Waals surface area contributed by atoms with Gasteiger partial charge in [-0.05, 0) is 12.1 Å². The predicted octanol–water partition coefficient (Wildman–Crippen LogP) is -0.117. The molecule has 0 aliphatic rings. The molecule has 1 aromatic heterocycles. The second-order valence-corrected chi connectivity index (χ2v) is 4.02. The number of benzene rings is 1. The summed E-state index contributed by atoms with van der Waals surface area (Å²) in [6, 6.07) is 4.75. The Balaban J connectivity index is 0.000000771. The van der Waals surface area contributed by atoms with Crippen LogP contribution in [0.15, 0.2) is 18.2 Å². The van der Waals surface area contributed by atoms with Crippen LogP contribution in [-0.2, 0) is 0 Å². The van der Waals surface area contributed by atoms with Crippen LogP contribution in [0.4, 0.5) is 9.93 Å². The Bertz CT molecular complexity index is 543. The molecule has 0 bridgehead atoms. The summed E-state index contributed by atoms with van der Waals surface area (Å²) in [5.74, 6) is 14.1. The minimum atomic E-state index is -0.752. The smallest absolute Gasteiger partial charge is 0.335 e. The van der Waals surface area contributed by atoms with Gasteiger partial charge in [0.2, 0.25) is 5.13 Å². The van der Waals surface area contributed by atoms with E-state index in [0.717, 1.165) is 9.71 Å². The van der Waals surface area contributed by atoms with E-state index in [2.05, 4.69) is 16.7 Å². The Morgan fingerprint density at radius 2 is 2.11 bits per heavy atom. The molecule has 2 amide bonds. The lowest BCUT2D eigenvalue weighted by Gasteiger charge is -2.07. The fourth-order valence-corrected chi connectivity index (χ4v) is 2.19. The summed E-state index contributed by atoms with van der Waals surface area (Å²) in [6.07, 6.45) is 0. The number of methoxy groups -OCH3 is 1. The Morgan fingerprint density at radius 1 is 1.44 bits per heavy atom. The van der Waals surface area contributed by atoms with Crippen LogP contribution < -0.4 is 33.0 Å². The number of amides is 2. The van der Waals surface area contributed by atoms with Crippen molar-refractivity contribution in [2.24, 2.45) is 23.3 Å². The first-order valence-electron chi connectivity index (χ1n) is 4.74. The van der Waals surface area contributed by atoms with Crippen LogP contribution in [-0.4, -0.2) is 18.1 Å². The minimum Gasteiger partial charge on any atom is -0.494 e. The van der Waals surface area contributed by atoms with Gasteiger partial charge in [-0.2, -0.15) is 0 Å². The van der Waals surface area contributed by atoms with Gasteiger partial charge in [0.1, 0.15) is 11.3 Å². The van der Waals surface area contributed by atoms with Gasteiger partial charge in [-0.15, -0.1) is 0 Å². The number of thiazole rings is 1. The average molecular weight is 270 g/mol. The lowest BCUT2D eigenvalue weighted by atomic mass is 10.3. The maximum atomic E-state index is 10.9. The van der Waals surface area contributed by atoms with E-state index >= 15 is 0 Å². The molecule has 1 heterocycles. The number of anilines is 1. The Kier molecular flexibility index (Phi) is 4.80. The van der Waals surface area contributed by atoms with Gasteiger partial charge in [-0.25, -0.2) is 20.6 Å². The quantitative estimate of drug-likeness (QED) is 0.340. The van der Waals surface area contributed by atoms with Crippen molar-refractivity contribution in [3.8, 4) is 5.75 Å². The normalized spacial score (nSPS) is 9.56. The lowest BCUT2D eigenvalue weighted by Crippen LogP contribution is -2.41. The summed E-state index contributed by atoms with van der Waals surface area (Å²) in [4.78, 5) is 15.1. The molecule has 0 unspecified atom stereocenters. The maximum absolute atomic E-state index is 10.9. The number of carbonyl (C=O) groups is 1. The van der Waals surface area contributed by atoms with Crippen molar-refractivity contribution in [1.29, 1.82) is 0 Å². The van der Waals surface area contributed by atoms with E-state index in [4.69, 9.17) is 16.3 Å². The third-order valence-corrected chi connectivity index (χ3v) is 3.05. The SMILES string of the molecule is COc1cccc2sc(N(N)C(N)=O)nc12.NN. The highest BCUT2D eigenvalue weighted by atomic mass is 32.1. The van der Waals surface area contributed by atoms with Crippen LogP contribution in [0.5, 0.6) is 5.75 Å². The second-order valence-electron chi connectivity index (χ2n) is 3.01. The Labute approximate surface area is 107 Å². The number of hydrogen-bond donors (Lipinski definition) is 4. The number of carbonyl (C=O) groups excluding carboxylic acids is 1. The Morgan fingerprint density at radius 3 is 2.67 bits per heavy atom. The van der Waals surface area contributed by atoms with Crippen molar-refractivity contribution in [3.63, 3.8) is 0 Å². The summed E-state index contributed by atoms with van der Waals surface area (Å²) in [5, 5.41) is 1.15. The molecule has 0 spiro atoms. The van der Waals surface area contributed by atoms with Gasteiger partial charge < -0.3 is 10.5 Å². The molecule has 0 fully saturated rings. The molecule has 8 nitrogen and oxygen atoms in total. The van der Waals surface area contributed by atoms with E-state index in [0.29, 0.717) is 16.4 Å². The highest BCUT2D eigenvalue weighted by molar-refractivity contribution is 7.22. The summed E-state index contributed by atoms with van der Waals surface area (Å²) >= 11 is 1.27. The van der Waals surface area contributed by atoms with Gasteiger partial charge in [0.05, 0.1) is 11.8 Å². The third-order valence-electron chi connectivity index (χ3n) is 2.03. The van der Waals surface area contributed by atoms with Crippen LogP contribution in [0.1, 0.15) is 0 Å². The number of para-hydroxylation sites is 1. The fourth-order valence-electron chi connectivity index (χ4n) is 1.27. The summed E-state index contributed by atoms with van der Waals surface area (Å²) in [7, 11) is 1.56. The molecule has 98 valence electrons. The summed E-state index contributed by atoms with van der Waals surface area (Å²) in [5.41, 5.74) is 5.73. The number of urea groups is 1. The van der Waals surface area contributed by atoms with E-state index in [-0.39, 0.29) is 0 Å². The van der Waals surface area contributed by atoms with Crippen LogP contribution in [0.3, 0.4) is 0 Å². The number of hydrazine groups is 2. The molecular formula is C9H14N6O2S. The largest absolute Gasteiger partial charge is 0.494 e. The molecule has 1 aromatic carbocycles. The zero-order chi connectivity index (χ0) is 13.7. The molecule has 0 saturated carbocycles. The van der Waals surface area contributed by atoms with Gasteiger partial charge in [0, 0.05) is 0 Å². The zero-order valence-electron chi connectivity index (χ0n) is 9.66. The molecule has 0 aliphatic carbocycles. The highest BCUT2D eigenvalue weighted by Gasteiger charge is 2.14. The Hall–Kier alpha value is -1.94. The van der Waals surface area contributed by atoms with Gasteiger partial charge >= 0.3 is 6.03 Å². The van der Waals surface area contributed by atoms with Crippen molar-refractivity contribution in [2.45, 2.75) is 0 Å². The van der Waals surface area contributed by atoms with Crippen LogP contribution in [0, 0.1) is 0 Å². The van der Waals surface area contributed by atoms with E-state index in [1.807, 2.05) is 12.1 Å². The first-order chi connectivity index (χ1) is 8.63. The fraction of sp³-hybridized carbons (Fsp3) is 0.111. The summed E-state index contributed by atoms with van der Waals surface area (Å²) < 4.78 is 6.03. The number of primary amides is 1. The third kappa shape index (κ3) is 2.65. The molecule has 8 N–H and O–H groups in total. The lowest BCUT2D eigenvalue weighted by molar-refractivity contribution is 0.254. The van der Waals surface area contributed by atoms with Crippen LogP contribution in [0.2, 0.25) is 0 Å². The molecule has 0 saturated heterocycles. The molecule has 0 radical (unpaired) electrons. The number of rotatable bonds is 2. The van der Waals surface area contributed by atoms with E-state index in [1.165, 1.54) is 11.3 Å². The number of nitrogens with two attached hydrogens (primary N) is 4. The van der Waals surface area contributed by atoms with Gasteiger partial charge in [-0.3, -0.25) is 11.7 Å². The molecule has 9 heteroatoms. The molecule has 2 rings (SSSR count). The number of ether oxygens (including phenoxy) is 1. The molecule has 2 aromatic rings. The topological polar surface area (TPSA) is 147 Å². The van der Waals surface area contributed by atoms with Crippen molar-refractivity contribution < 1.29 is 9.53 Å². The minimum absolute atomic E-state index is 0.340. The second kappa shape index (κ2) is 6.12. The van der Waals surface area contributed by atoms with Crippen molar-refractivity contribution in [2.75, 3.05) is 12.1 Å². The number of aromatic nitrogens is 1. The summed E-state index contributed by atoms with van der Waals surface area (Å²) in [6.45, 7) is 0. The number of fused-ring (bicyclic) bond motifs is 1. The van der Waals surface area contributed by atoms with E-state index in [1.54, 1.807) is 13.2 Å². The van der Waals surface area contributed by atoms with Crippen molar-refractivity contribution in [1.82, 2.24) is 4.98 Å². The van der Waals surface area contributed by atoms with E-state index in [9.17, 15) is 4.79 Å². The van der Waals surface area contributed by atoms with Crippen LogP contribution >= 0.6 is 11.3 Å². The number of hydrogen-bond acceptors (Lipinski definition) is 7. The van der Waals surface area contributed by atoms with Crippen molar-refractivity contribution in [3.05, 3.63) is 18.2 Å². The average Bonchev–Trinajstić information content (AvgIpc) is 2.83. The molecule has 0 aliphatic heterocycles. The first kappa shape index (κ1) is 14.1. The van der Waals surface area contributed by atoms with Gasteiger partial charge in [0.25, 0.3) is 0 Å². The number of nitrogens with zero attached hydrogens (tertiary/aromatic N) is 2. The maximum Gasteiger partial charge on any atom is 0.335 e. The monoisotopic (exact) mass is 270 g/mol. The molecule has 0 atom stereocenters. The van der Waals surface area contributed by atoms with E-state index < -0.39 is 6.03 Å². The predicted molar refractivity (Wildman–Crippen MR) is 70.8 cm³/mol. The molecular weight excluding hydrogens is 256 g/mol. The standard InChI is InChI=1S/C9H10N4O2S.H4N2/c1-15-5-3-2-4-6-7(5)12-9(16-6)13(11)8(10)14;1-2/h2-4H,11H2,1H3,(H2,10,14);1-2H2. The van der Waals surface area contributed by atoms with Crippen molar-refractivity contribution >= 4 is 32.7 Å². The highest BCUT2D eigenvalue weighted by Crippen LogP contribution is 2.32. The van der Waals surface area contributed by atoms with Gasteiger partial charge in [0.15, 0.2) is 0 Å². The molecule has 18 heavy (non-hydrogen) atoms. The zero-order valence-corrected chi connectivity index (χ0v) is 10.5. The van der Waals surface area contributed by atoms with Crippen LogP contribution in [0.25, 0.3) is 10.2 Å². The first-order valence-corrected chi connectivity index (χ1v) is 5.56.